The van der Waals surface area contributed by atoms with Crippen LogP contribution in [0.15, 0.2) is 23.1 Å². The van der Waals surface area contributed by atoms with Gasteiger partial charge in [-0.25, -0.2) is 4.39 Å². The molecule has 0 saturated carbocycles. The number of aldehydes is 1. The standard InChI is InChI=1S/C12H16FNOS/c1-12(2,3)14-16-10-5-4-9(6-7-15)11(13)8-10/h4-5,7-8,14H,6H2,1-3H3. The van der Waals surface area contributed by atoms with E-state index in [4.69, 9.17) is 0 Å². The average Bonchev–Trinajstić information content (AvgIpc) is 2.18. The highest BCUT2D eigenvalue weighted by Gasteiger charge is 2.10. The van der Waals surface area contributed by atoms with E-state index in [9.17, 15) is 9.18 Å². The molecule has 0 aromatic heterocycles. The Labute approximate surface area is 99.8 Å². The maximum atomic E-state index is 13.5. The van der Waals surface area contributed by atoms with Crippen LogP contribution in [0.3, 0.4) is 0 Å². The molecule has 0 fully saturated rings. The van der Waals surface area contributed by atoms with Gasteiger partial charge in [0.25, 0.3) is 0 Å². The molecule has 1 rings (SSSR count). The number of rotatable bonds is 4. The Morgan fingerprint density at radius 2 is 2.12 bits per heavy atom. The second-order valence-corrected chi connectivity index (χ2v) is 5.46. The summed E-state index contributed by atoms with van der Waals surface area (Å²) in [5, 5.41) is 0. The molecule has 88 valence electrons. The lowest BCUT2D eigenvalue weighted by molar-refractivity contribution is -0.107. The minimum atomic E-state index is -0.326. The van der Waals surface area contributed by atoms with Gasteiger partial charge < -0.3 is 4.79 Å². The fourth-order valence-electron chi connectivity index (χ4n) is 1.06. The van der Waals surface area contributed by atoms with Crippen molar-refractivity contribution in [3.63, 3.8) is 0 Å². The van der Waals surface area contributed by atoms with Crippen LogP contribution in [0.25, 0.3) is 0 Å². The number of benzene rings is 1. The molecule has 0 spiro atoms. The molecular weight excluding hydrogens is 225 g/mol. The Bertz CT molecular complexity index is 374. The minimum Gasteiger partial charge on any atom is -0.303 e. The van der Waals surface area contributed by atoms with Gasteiger partial charge in [0.2, 0.25) is 0 Å². The van der Waals surface area contributed by atoms with Gasteiger partial charge in [-0.3, -0.25) is 4.72 Å². The molecule has 0 amide bonds. The zero-order valence-corrected chi connectivity index (χ0v) is 10.5. The summed E-state index contributed by atoms with van der Waals surface area (Å²) >= 11 is 1.39. The van der Waals surface area contributed by atoms with E-state index in [0.717, 1.165) is 4.90 Å². The van der Waals surface area contributed by atoms with E-state index in [0.29, 0.717) is 11.8 Å². The van der Waals surface area contributed by atoms with Crippen LogP contribution in [0.1, 0.15) is 26.3 Å². The predicted molar refractivity (Wildman–Crippen MR) is 64.9 cm³/mol. The maximum Gasteiger partial charge on any atom is 0.127 e. The highest BCUT2D eigenvalue weighted by Crippen LogP contribution is 2.21. The van der Waals surface area contributed by atoms with Gasteiger partial charge in [-0.15, -0.1) is 0 Å². The van der Waals surface area contributed by atoms with E-state index in [1.807, 2.05) is 26.8 Å². The molecule has 0 radical (unpaired) electrons. The highest BCUT2D eigenvalue weighted by molar-refractivity contribution is 7.97. The van der Waals surface area contributed by atoms with Crippen LogP contribution < -0.4 is 4.72 Å². The van der Waals surface area contributed by atoms with Gasteiger partial charge in [0.15, 0.2) is 0 Å². The van der Waals surface area contributed by atoms with Crippen molar-refractivity contribution in [3.05, 3.63) is 29.6 Å². The molecule has 1 aromatic carbocycles. The normalized spacial score (nSPS) is 11.5. The molecule has 0 unspecified atom stereocenters. The van der Waals surface area contributed by atoms with Gasteiger partial charge in [-0.05, 0) is 50.4 Å². The van der Waals surface area contributed by atoms with Crippen LogP contribution in [-0.2, 0) is 11.2 Å². The lowest BCUT2D eigenvalue weighted by Crippen LogP contribution is -2.29. The van der Waals surface area contributed by atoms with Crippen molar-refractivity contribution < 1.29 is 9.18 Å². The summed E-state index contributed by atoms with van der Waals surface area (Å²) in [5.74, 6) is -0.326. The number of carbonyl (C=O) groups excluding carboxylic acids is 1. The topological polar surface area (TPSA) is 29.1 Å². The average molecular weight is 241 g/mol. The van der Waals surface area contributed by atoms with Crippen LogP contribution in [0.2, 0.25) is 0 Å². The van der Waals surface area contributed by atoms with E-state index < -0.39 is 0 Å². The van der Waals surface area contributed by atoms with Crippen molar-refractivity contribution in [1.29, 1.82) is 0 Å². The second kappa shape index (κ2) is 5.46. The Morgan fingerprint density at radius 1 is 1.44 bits per heavy atom. The number of carbonyl (C=O) groups is 1. The van der Waals surface area contributed by atoms with Crippen LogP contribution >= 0.6 is 11.9 Å². The van der Waals surface area contributed by atoms with E-state index in [-0.39, 0.29) is 17.8 Å². The smallest absolute Gasteiger partial charge is 0.127 e. The molecule has 2 nitrogen and oxygen atoms in total. The summed E-state index contributed by atoms with van der Waals surface area (Å²) in [4.78, 5) is 11.1. The number of hydrogen-bond acceptors (Lipinski definition) is 3. The first-order valence-corrected chi connectivity index (χ1v) is 5.90. The molecule has 0 aliphatic rings. The van der Waals surface area contributed by atoms with Gasteiger partial charge >= 0.3 is 0 Å². The lowest BCUT2D eigenvalue weighted by Gasteiger charge is -2.19. The van der Waals surface area contributed by atoms with E-state index >= 15 is 0 Å². The van der Waals surface area contributed by atoms with Crippen molar-refractivity contribution >= 4 is 18.2 Å². The Hall–Kier alpha value is -0.870. The zero-order chi connectivity index (χ0) is 12.2. The van der Waals surface area contributed by atoms with Gasteiger partial charge in [0.1, 0.15) is 12.1 Å². The second-order valence-electron chi connectivity index (χ2n) is 4.58. The third-order valence-corrected chi connectivity index (χ3v) is 3.01. The molecule has 0 aliphatic heterocycles. The molecule has 16 heavy (non-hydrogen) atoms. The number of halogens is 1. The van der Waals surface area contributed by atoms with E-state index in [1.54, 1.807) is 6.07 Å². The Kier molecular flexibility index (Phi) is 4.50. The van der Waals surface area contributed by atoms with Gasteiger partial charge in [0, 0.05) is 16.9 Å². The first kappa shape index (κ1) is 13.2. The molecule has 0 aliphatic carbocycles. The fraction of sp³-hybridized carbons (Fsp3) is 0.417. The molecule has 1 aromatic rings. The summed E-state index contributed by atoms with van der Waals surface area (Å²) in [7, 11) is 0. The maximum absolute atomic E-state index is 13.5. The van der Waals surface area contributed by atoms with Crippen molar-refractivity contribution in [1.82, 2.24) is 4.72 Å². The summed E-state index contributed by atoms with van der Waals surface area (Å²) in [6.07, 6.45) is 0.835. The fourth-order valence-corrected chi connectivity index (χ4v) is 1.78. The molecular formula is C12H16FNOS. The van der Waals surface area contributed by atoms with Gasteiger partial charge in [-0.1, -0.05) is 6.07 Å². The minimum absolute atomic E-state index is 0.0252. The third kappa shape index (κ3) is 4.33. The quantitative estimate of drug-likeness (QED) is 0.649. The first-order chi connectivity index (χ1) is 7.42. The van der Waals surface area contributed by atoms with Crippen LogP contribution in [0, 0.1) is 5.82 Å². The lowest BCUT2D eigenvalue weighted by atomic mass is 10.1. The molecule has 0 bridgehead atoms. The van der Waals surface area contributed by atoms with Crippen LogP contribution in [-0.4, -0.2) is 11.8 Å². The van der Waals surface area contributed by atoms with E-state index in [2.05, 4.69) is 4.72 Å². The third-order valence-electron chi connectivity index (χ3n) is 1.80. The molecule has 0 atom stereocenters. The Morgan fingerprint density at radius 3 is 2.62 bits per heavy atom. The molecule has 0 heterocycles. The zero-order valence-electron chi connectivity index (χ0n) is 9.71. The van der Waals surface area contributed by atoms with E-state index in [1.165, 1.54) is 18.0 Å². The monoisotopic (exact) mass is 241 g/mol. The SMILES string of the molecule is CC(C)(C)NSc1ccc(CC=O)c(F)c1. The first-order valence-electron chi connectivity index (χ1n) is 5.08. The molecule has 0 saturated heterocycles. The highest BCUT2D eigenvalue weighted by atomic mass is 32.2. The van der Waals surface area contributed by atoms with Crippen molar-refractivity contribution in [2.24, 2.45) is 0 Å². The largest absolute Gasteiger partial charge is 0.303 e. The Balaban J connectivity index is 2.70. The van der Waals surface area contributed by atoms with Crippen molar-refractivity contribution in [2.45, 2.75) is 37.6 Å². The summed E-state index contributed by atoms with van der Waals surface area (Å²) in [5.41, 5.74) is 0.415. The number of nitrogens with one attached hydrogen (secondary N) is 1. The van der Waals surface area contributed by atoms with Gasteiger partial charge in [-0.2, -0.15) is 0 Å². The van der Waals surface area contributed by atoms with Crippen molar-refractivity contribution in [3.8, 4) is 0 Å². The number of hydrogen-bond donors (Lipinski definition) is 1. The summed E-state index contributed by atoms with van der Waals surface area (Å²) in [6.45, 7) is 6.12. The molecule has 1 N–H and O–H groups in total. The predicted octanol–water partition coefficient (Wildman–Crippen LogP) is 2.96. The van der Waals surface area contributed by atoms with Crippen LogP contribution in [0.4, 0.5) is 4.39 Å². The molecule has 4 heteroatoms. The summed E-state index contributed by atoms with van der Waals surface area (Å²) in [6, 6.07) is 4.91. The van der Waals surface area contributed by atoms with Crippen LogP contribution in [0.5, 0.6) is 0 Å². The summed E-state index contributed by atoms with van der Waals surface area (Å²) < 4.78 is 16.7. The van der Waals surface area contributed by atoms with Crippen molar-refractivity contribution in [2.75, 3.05) is 0 Å². The van der Waals surface area contributed by atoms with Gasteiger partial charge in [0.05, 0.1) is 0 Å².